The number of unbranched alkanes of at least 4 members (excludes halogenated alkanes) is 6. The molecule has 0 saturated heterocycles. The van der Waals surface area contributed by atoms with Crippen LogP contribution in [0.1, 0.15) is 118 Å². The van der Waals surface area contributed by atoms with Gasteiger partial charge in [-0.25, -0.2) is 9.59 Å². The lowest BCUT2D eigenvalue weighted by Crippen LogP contribution is -2.38. The molecule has 32 heavy (non-hydrogen) atoms. The first-order chi connectivity index (χ1) is 15.4. The van der Waals surface area contributed by atoms with Crippen molar-refractivity contribution < 1.29 is 28.5 Å². The van der Waals surface area contributed by atoms with Crippen LogP contribution in [-0.2, 0) is 18.9 Å². The van der Waals surface area contributed by atoms with Crippen molar-refractivity contribution >= 4 is 12.3 Å². The van der Waals surface area contributed by atoms with E-state index in [-0.39, 0.29) is 0 Å². The SMILES string of the molecule is CC(C)CCCCCCOC(=O)OC1CCCCC1OC(=O)OCCCCCCC(C)C. The van der Waals surface area contributed by atoms with E-state index in [0.717, 1.165) is 63.2 Å². The normalized spacial score (nSPS) is 18.6. The predicted octanol–water partition coefficient (Wildman–Crippen LogP) is 7.82. The third-order valence-corrected chi connectivity index (χ3v) is 5.93. The second-order valence-electron chi connectivity index (χ2n) is 9.99. The molecule has 1 rings (SSSR count). The van der Waals surface area contributed by atoms with Gasteiger partial charge in [-0.3, -0.25) is 0 Å². The minimum atomic E-state index is -0.664. The Bertz CT molecular complexity index is 447. The van der Waals surface area contributed by atoms with E-state index in [2.05, 4.69) is 27.7 Å². The van der Waals surface area contributed by atoms with Crippen molar-refractivity contribution in [3.05, 3.63) is 0 Å². The Hall–Kier alpha value is -1.46. The molecule has 0 bridgehead atoms. The molecule has 0 N–H and O–H groups in total. The summed E-state index contributed by atoms with van der Waals surface area (Å²) in [6.45, 7) is 9.68. The van der Waals surface area contributed by atoms with E-state index in [1.165, 1.54) is 25.7 Å². The van der Waals surface area contributed by atoms with Gasteiger partial charge in [-0.2, -0.15) is 0 Å². The van der Waals surface area contributed by atoms with Gasteiger partial charge in [-0.1, -0.05) is 79.1 Å². The van der Waals surface area contributed by atoms with Crippen molar-refractivity contribution in [2.75, 3.05) is 13.2 Å². The average molecular weight is 457 g/mol. The van der Waals surface area contributed by atoms with Gasteiger partial charge in [0.05, 0.1) is 13.2 Å². The van der Waals surface area contributed by atoms with Crippen LogP contribution in [0.4, 0.5) is 9.59 Å². The van der Waals surface area contributed by atoms with Crippen molar-refractivity contribution in [3.63, 3.8) is 0 Å². The van der Waals surface area contributed by atoms with Crippen molar-refractivity contribution in [2.24, 2.45) is 11.8 Å². The summed E-state index contributed by atoms with van der Waals surface area (Å²) in [5.74, 6) is 1.48. The Morgan fingerprint density at radius 2 is 1.00 bits per heavy atom. The summed E-state index contributed by atoms with van der Waals surface area (Å²) in [7, 11) is 0. The first-order valence-corrected chi connectivity index (χ1v) is 13.0. The van der Waals surface area contributed by atoms with Crippen LogP contribution in [0.3, 0.4) is 0 Å². The molecule has 6 heteroatoms. The van der Waals surface area contributed by atoms with Crippen molar-refractivity contribution in [3.8, 4) is 0 Å². The highest BCUT2D eigenvalue weighted by atomic mass is 16.8. The van der Waals surface area contributed by atoms with Gasteiger partial charge in [0.2, 0.25) is 0 Å². The topological polar surface area (TPSA) is 71.1 Å². The van der Waals surface area contributed by atoms with Gasteiger partial charge < -0.3 is 18.9 Å². The highest BCUT2D eigenvalue weighted by Gasteiger charge is 2.32. The zero-order valence-corrected chi connectivity index (χ0v) is 21.1. The molecule has 6 nitrogen and oxygen atoms in total. The Morgan fingerprint density at radius 1 is 0.625 bits per heavy atom. The average Bonchev–Trinajstić information content (AvgIpc) is 2.73. The summed E-state index contributed by atoms with van der Waals surface area (Å²) in [5.41, 5.74) is 0. The number of carbonyl (C=O) groups excluding carboxylic acids is 2. The summed E-state index contributed by atoms with van der Waals surface area (Å²) in [6, 6.07) is 0. The largest absolute Gasteiger partial charge is 0.508 e. The first kappa shape index (κ1) is 28.6. The van der Waals surface area contributed by atoms with Gasteiger partial charge in [0.1, 0.15) is 12.2 Å². The molecule has 1 fully saturated rings. The summed E-state index contributed by atoms with van der Waals surface area (Å²) >= 11 is 0. The zero-order chi connectivity index (χ0) is 23.6. The second kappa shape index (κ2) is 18.0. The highest BCUT2D eigenvalue weighted by Crippen LogP contribution is 2.25. The fourth-order valence-electron chi connectivity index (χ4n) is 3.98. The molecule has 1 aliphatic rings. The van der Waals surface area contributed by atoms with Crippen LogP contribution in [0.15, 0.2) is 0 Å². The molecule has 0 heterocycles. The molecule has 1 saturated carbocycles. The lowest BCUT2D eigenvalue weighted by atomic mass is 9.95. The molecule has 2 atom stereocenters. The maximum atomic E-state index is 12.0. The monoisotopic (exact) mass is 456 g/mol. The van der Waals surface area contributed by atoms with E-state index in [9.17, 15) is 9.59 Å². The Kier molecular flexibility index (Phi) is 16.1. The maximum Gasteiger partial charge on any atom is 0.508 e. The van der Waals surface area contributed by atoms with E-state index >= 15 is 0 Å². The van der Waals surface area contributed by atoms with Gasteiger partial charge in [-0.15, -0.1) is 0 Å². The predicted molar refractivity (Wildman–Crippen MR) is 127 cm³/mol. The van der Waals surface area contributed by atoms with Crippen molar-refractivity contribution in [1.82, 2.24) is 0 Å². The van der Waals surface area contributed by atoms with Crippen LogP contribution in [0.25, 0.3) is 0 Å². The van der Waals surface area contributed by atoms with Crippen LogP contribution in [0.2, 0.25) is 0 Å². The lowest BCUT2D eigenvalue weighted by Gasteiger charge is -2.29. The lowest BCUT2D eigenvalue weighted by molar-refractivity contribution is -0.0713. The van der Waals surface area contributed by atoms with Crippen LogP contribution < -0.4 is 0 Å². The maximum absolute atomic E-state index is 12.0. The van der Waals surface area contributed by atoms with E-state index in [0.29, 0.717) is 26.1 Å². The Balaban J connectivity index is 2.16. The number of rotatable bonds is 16. The molecule has 0 aromatic heterocycles. The van der Waals surface area contributed by atoms with Gasteiger partial charge in [0, 0.05) is 0 Å². The van der Waals surface area contributed by atoms with E-state index < -0.39 is 24.5 Å². The Morgan fingerprint density at radius 3 is 1.38 bits per heavy atom. The number of hydrogen-bond acceptors (Lipinski definition) is 6. The van der Waals surface area contributed by atoms with Gasteiger partial charge in [0.25, 0.3) is 0 Å². The van der Waals surface area contributed by atoms with Crippen molar-refractivity contribution in [2.45, 2.75) is 130 Å². The fraction of sp³-hybridized carbons (Fsp3) is 0.923. The molecule has 188 valence electrons. The number of carbonyl (C=O) groups is 2. The molecule has 0 aromatic rings. The molecule has 0 amide bonds. The summed E-state index contributed by atoms with van der Waals surface area (Å²) in [4.78, 5) is 24.1. The molecular weight excluding hydrogens is 408 g/mol. The summed E-state index contributed by atoms with van der Waals surface area (Å²) in [6.07, 6.45) is 12.1. The Labute approximate surface area is 196 Å². The first-order valence-electron chi connectivity index (χ1n) is 13.0. The van der Waals surface area contributed by atoms with Crippen molar-refractivity contribution in [1.29, 1.82) is 0 Å². The molecule has 0 aromatic carbocycles. The molecule has 2 unspecified atom stereocenters. The third kappa shape index (κ3) is 15.4. The molecule has 0 radical (unpaired) electrons. The fourth-order valence-corrected chi connectivity index (χ4v) is 3.98. The molecule has 0 spiro atoms. The quantitative estimate of drug-likeness (QED) is 0.174. The van der Waals surface area contributed by atoms with Crippen LogP contribution in [-0.4, -0.2) is 37.7 Å². The van der Waals surface area contributed by atoms with Crippen LogP contribution in [0.5, 0.6) is 0 Å². The number of hydrogen-bond donors (Lipinski definition) is 0. The minimum Gasteiger partial charge on any atom is -0.434 e. The summed E-state index contributed by atoms with van der Waals surface area (Å²) in [5, 5.41) is 0. The molecular formula is C26H48O6. The van der Waals surface area contributed by atoms with E-state index in [1.54, 1.807) is 0 Å². The third-order valence-electron chi connectivity index (χ3n) is 5.93. The summed E-state index contributed by atoms with van der Waals surface area (Å²) < 4.78 is 21.4. The number of ether oxygens (including phenoxy) is 4. The second-order valence-corrected chi connectivity index (χ2v) is 9.99. The van der Waals surface area contributed by atoms with Gasteiger partial charge in [-0.05, 0) is 50.4 Å². The van der Waals surface area contributed by atoms with E-state index in [1.807, 2.05) is 0 Å². The standard InChI is InChI=1S/C26H48O6/c1-21(2)15-9-5-7-13-19-29-25(27)31-23-17-11-12-18-24(23)32-26(28)30-20-14-8-6-10-16-22(3)4/h21-24H,5-20H2,1-4H3. The molecule has 0 aliphatic heterocycles. The van der Waals surface area contributed by atoms with E-state index in [4.69, 9.17) is 18.9 Å². The zero-order valence-electron chi connectivity index (χ0n) is 21.1. The van der Waals surface area contributed by atoms with Gasteiger partial charge in [0.15, 0.2) is 0 Å². The minimum absolute atomic E-state index is 0.373. The smallest absolute Gasteiger partial charge is 0.434 e. The molecule has 1 aliphatic carbocycles. The van der Waals surface area contributed by atoms with Crippen LogP contribution in [0, 0.1) is 11.8 Å². The highest BCUT2D eigenvalue weighted by molar-refractivity contribution is 5.61. The van der Waals surface area contributed by atoms with Crippen LogP contribution >= 0.6 is 0 Å². The van der Waals surface area contributed by atoms with Gasteiger partial charge >= 0.3 is 12.3 Å².